The Hall–Kier alpha value is -0.950. The van der Waals surface area contributed by atoms with E-state index in [1.807, 2.05) is 31.5 Å². The Morgan fingerprint density at radius 3 is 2.47 bits per heavy atom. The van der Waals surface area contributed by atoms with Crippen LogP contribution >= 0.6 is 0 Å². The van der Waals surface area contributed by atoms with E-state index >= 15 is 0 Å². The van der Waals surface area contributed by atoms with Crippen LogP contribution in [0, 0.1) is 0 Å². The third-order valence-electron chi connectivity index (χ3n) is 2.48. The number of hydrogen-bond acceptors (Lipinski definition) is 5. The van der Waals surface area contributed by atoms with Crippen molar-refractivity contribution in [1.29, 1.82) is 0 Å². The van der Waals surface area contributed by atoms with Gasteiger partial charge in [-0.25, -0.2) is 5.43 Å². The van der Waals surface area contributed by atoms with E-state index in [2.05, 4.69) is 10.5 Å². The van der Waals surface area contributed by atoms with Gasteiger partial charge in [-0.3, -0.25) is 10.5 Å². The number of hydrazine groups is 1. The lowest BCUT2D eigenvalue weighted by Crippen LogP contribution is -2.40. The van der Waals surface area contributed by atoms with E-state index in [9.17, 15) is 0 Å². The summed E-state index contributed by atoms with van der Waals surface area (Å²) >= 11 is 0. The highest BCUT2D eigenvalue weighted by atomic mass is 16.7. The molecule has 0 aliphatic carbocycles. The number of rotatable bonds is 8. The van der Waals surface area contributed by atoms with E-state index in [-0.39, 0.29) is 6.04 Å². The van der Waals surface area contributed by atoms with Crippen molar-refractivity contribution < 1.29 is 9.47 Å². The fraction of sp³-hybridized carbons (Fsp3) is 0.727. The van der Waals surface area contributed by atoms with Crippen molar-refractivity contribution in [2.24, 2.45) is 5.84 Å². The minimum absolute atomic E-state index is 0.225. The number of aryl methyl sites for hydroxylation is 1. The average Bonchev–Trinajstić information content (AvgIpc) is 2.79. The van der Waals surface area contributed by atoms with Gasteiger partial charge in [0.25, 0.3) is 0 Å². The first-order valence-corrected chi connectivity index (χ1v) is 5.99. The number of nitrogens with one attached hydrogen (secondary N) is 1. The second kappa shape index (κ2) is 7.39. The summed E-state index contributed by atoms with van der Waals surface area (Å²) in [6.07, 6.45) is 1.34. The molecule has 0 fully saturated rings. The van der Waals surface area contributed by atoms with Gasteiger partial charge < -0.3 is 9.47 Å². The van der Waals surface area contributed by atoms with Crippen LogP contribution in [-0.2, 0) is 16.0 Å². The summed E-state index contributed by atoms with van der Waals surface area (Å²) in [4.78, 5) is 0. The van der Waals surface area contributed by atoms with Crippen molar-refractivity contribution in [3.63, 3.8) is 0 Å². The molecular formula is C11H22N4O2. The molecule has 6 nitrogen and oxygen atoms in total. The first-order valence-electron chi connectivity index (χ1n) is 5.99. The van der Waals surface area contributed by atoms with Gasteiger partial charge in [0.1, 0.15) is 6.04 Å². The molecule has 1 rings (SSSR count). The van der Waals surface area contributed by atoms with Gasteiger partial charge in [0.15, 0.2) is 6.29 Å². The average molecular weight is 242 g/mol. The van der Waals surface area contributed by atoms with E-state index < -0.39 is 6.29 Å². The maximum absolute atomic E-state index is 5.60. The number of aromatic nitrogens is 2. The lowest BCUT2D eigenvalue weighted by Gasteiger charge is -2.26. The minimum atomic E-state index is -0.406. The molecule has 1 unspecified atom stereocenters. The van der Waals surface area contributed by atoms with Gasteiger partial charge in [0.05, 0.1) is 5.69 Å². The van der Waals surface area contributed by atoms with Crippen LogP contribution in [0.5, 0.6) is 0 Å². The minimum Gasteiger partial charge on any atom is -0.351 e. The van der Waals surface area contributed by atoms with Crippen LogP contribution in [0.1, 0.15) is 32.5 Å². The molecular weight excluding hydrogens is 220 g/mol. The lowest BCUT2D eigenvalue weighted by molar-refractivity contribution is -0.156. The number of ether oxygens (including phenoxy) is 2. The van der Waals surface area contributed by atoms with Crippen molar-refractivity contribution in [3.8, 4) is 0 Å². The molecule has 1 atom stereocenters. The standard InChI is InChI=1S/C11H22N4O2/c1-4-15-9(7-8-13-15)10(14-12)11(16-5-2)17-6-3/h7-8,10-11,14H,4-6,12H2,1-3H3. The molecule has 0 saturated carbocycles. The highest BCUT2D eigenvalue weighted by Gasteiger charge is 2.25. The third kappa shape index (κ3) is 3.50. The molecule has 6 heteroatoms. The molecule has 3 N–H and O–H groups in total. The Morgan fingerprint density at radius 2 is 2.00 bits per heavy atom. The normalized spacial score (nSPS) is 13.2. The molecule has 0 amide bonds. The summed E-state index contributed by atoms with van der Waals surface area (Å²) in [5, 5.41) is 4.22. The summed E-state index contributed by atoms with van der Waals surface area (Å²) in [6, 6.07) is 1.69. The zero-order valence-electron chi connectivity index (χ0n) is 10.7. The molecule has 0 bridgehead atoms. The quantitative estimate of drug-likeness (QED) is 0.401. The molecule has 0 radical (unpaired) electrons. The molecule has 1 heterocycles. The summed E-state index contributed by atoms with van der Waals surface area (Å²) in [7, 11) is 0. The van der Waals surface area contributed by atoms with Crippen molar-refractivity contribution in [1.82, 2.24) is 15.2 Å². The Balaban J connectivity index is 2.87. The van der Waals surface area contributed by atoms with Gasteiger partial charge in [-0.1, -0.05) is 0 Å². The maximum atomic E-state index is 5.60. The SMILES string of the molecule is CCOC(OCC)C(NN)c1ccnn1CC. The molecule has 0 aliphatic heterocycles. The van der Waals surface area contributed by atoms with Gasteiger partial charge in [0, 0.05) is 26.0 Å². The van der Waals surface area contributed by atoms with Gasteiger partial charge in [-0.2, -0.15) is 5.10 Å². The Morgan fingerprint density at radius 1 is 1.35 bits per heavy atom. The molecule has 98 valence electrons. The maximum Gasteiger partial charge on any atom is 0.179 e. The predicted molar refractivity (Wildman–Crippen MR) is 65.0 cm³/mol. The first-order chi connectivity index (χ1) is 8.28. The van der Waals surface area contributed by atoms with Crippen molar-refractivity contribution in [3.05, 3.63) is 18.0 Å². The van der Waals surface area contributed by atoms with Gasteiger partial charge in [-0.05, 0) is 26.8 Å². The monoisotopic (exact) mass is 242 g/mol. The molecule has 0 saturated heterocycles. The molecule has 1 aromatic rings. The van der Waals surface area contributed by atoms with Crippen LogP contribution in [0.4, 0.5) is 0 Å². The molecule has 17 heavy (non-hydrogen) atoms. The number of nitrogens with two attached hydrogens (primary N) is 1. The van der Waals surface area contributed by atoms with Gasteiger partial charge >= 0.3 is 0 Å². The van der Waals surface area contributed by atoms with Crippen LogP contribution in [0.25, 0.3) is 0 Å². The van der Waals surface area contributed by atoms with E-state index in [1.165, 1.54) is 0 Å². The largest absolute Gasteiger partial charge is 0.351 e. The van der Waals surface area contributed by atoms with E-state index in [0.717, 1.165) is 12.2 Å². The highest BCUT2D eigenvalue weighted by molar-refractivity contribution is 5.07. The molecule has 0 spiro atoms. The van der Waals surface area contributed by atoms with Crippen LogP contribution in [-0.4, -0.2) is 29.3 Å². The second-order valence-electron chi connectivity index (χ2n) is 3.50. The fourth-order valence-corrected chi connectivity index (χ4v) is 1.74. The first kappa shape index (κ1) is 14.1. The summed E-state index contributed by atoms with van der Waals surface area (Å²) in [5.41, 5.74) is 3.70. The van der Waals surface area contributed by atoms with Crippen LogP contribution in [0.3, 0.4) is 0 Å². The highest BCUT2D eigenvalue weighted by Crippen LogP contribution is 2.19. The zero-order valence-corrected chi connectivity index (χ0v) is 10.7. The predicted octanol–water partition coefficient (Wildman–Crippen LogP) is 0.806. The molecule has 0 aliphatic rings. The number of nitrogens with zero attached hydrogens (tertiary/aromatic N) is 2. The van der Waals surface area contributed by atoms with Crippen LogP contribution < -0.4 is 11.3 Å². The second-order valence-corrected chi connectivity index (χ2v) is 3.50. The van der Waals surface area contributed by atoms with Crippen molar-refractivity contribution in [2.75, 3.05) is 13.2 Å². The van der Waals surface area contributed by atoms with Crippen molar-refractivity contribution >= 4 is 0 Å². The summed E-state index contributed by atoms with van der Waals surface area (Å²) in [6.45, 7) is 7.81. The Labute approximate surface area is 102 Å². The van der Waals surface area contributed by atoms with Crippen LogP contribution in [0.2, 0.25) is 0 Å². The number of hydrogen-bond donors (Lipinski definition) is 2. The zero-order chi connectivity index (χ0) is 12.7. The lowest BCUT2D eigenvalue weighted by atomic mass is 10.2. The molecule has 0 aromatic carbocycles. The van der Waals surface area contributed by atoms with E-state index in [1.54, 1.807) is 6.20 Å². The topological polar surface area (TPSA) is 74.3 Å². The van der Waals surface area contributed by atoms with Crippen molar-refractivity contribution in [2.45, 2.75) is 39.6 Å². The van der Waals surface area contributed by atoms with E-state index in [4.69, 9.17) is 15.3 Å². The summed E-state index contributed by atoms with van der Waals surface area (Å²) in [5.74, 6) is 5.60. The van der Waals surface area contributed by atoms with Gasteiger partial charge in [0.2, 0.25) is 0 Å². The summed E-state index contributed by atoms with van der Waals surface area (Å²) < 4.78 is 13.0. The third-order valence-corrected chi connectivity index (χ3v) is 2.48. The van der Waals surface area contributed by atoms with Crippen LogP contribution in [0.15, 0.2) is 12.3 Å². The fourth-order valence-electron chi connectivity index (χ4n) is 1.74. The Kier molecular flexibility index (Phi) is 6.13. The molecule has 1 aromatic heterocycles. The van der Waals surface area contributed by atoms with Gasteiger partial charge in [-0.15, -0.1) is 0 Å². The van der Waals surface area contributed by atoms with E-state index in [0.29, 0.717) is 13.2 Å². The smallest absolute Gasteiger partial charge is 0.179 e. The Bertz CT molecular complexity index is 310.